The highest BCUT2D eigenvalue weighted by Gasteiger charge is 2.10. The second-order valence-corrected chi connectivity index (χ2v) is 3.69. The fraction of sp³-hybridized carbons (Fsp3) is 0.500. The first-order valence-electron chi connectivity index (χ1n) is 5.45. The molecule has 0 aliphatic heterocycles. The Labute approximate surface area is 102 Å². The predicted octanol–water partition coefficient (Wildman–Crippen LogP) is 2.86. The number of halogens is 1. The fourth-order valence-electron chi connectivity index (χ4n) is 1.44. The maximum atomic E-state index is 6.14. The molecule has 0 radical (unpaired) electrons. The van der Waals surface area contributed by atoms with Crippen LogP contribution in [0.3, 0.4) is 0 Å². The van der Waals surface area contributed by atoms with E-state index in [1.54, 1.807) is 0 Å². The van der Waals surface area contributed by atoms with Gasteiger partial charge >= 0.3 is 0 Å². The number of benzene rings is 1. The summed E-state index contributed by atoms with van der Waals surface area (Å²) in [5.74, 6) is 1.45. The number of rotatable bonds is 6. The molecule has 0 aliphatic rings. The highest BCUT2D eigenvalue weighted by molar-refractivity contribution is 6.31. The minimum atomic E-state index is 0.599. The van der Waals surface area contributed by atoms with Crippen molar-refractivity contribution in [2.75, 3.05) is 20.3 Å². The Balaban J connectivity index is 3.03. The van der Waals surface area contributed by atoms with Gasteiger partial charge in [-0.15, -0.1) is 0 Å². The lowest BCUT2D eigenvalue weighted by atomic mass is 10.2. The predicted molar refractivity (Wildman–Crippen MR) is 66.6 cm³/mol. The molecule has 0 amide bonds. The molecule has 1 rings (SSSR count). The van der Waals surface area contributed by atoms with Gasteiger partial charge in [-0.25, -0.2) is 0 Å². The van der Waals surface area contributed by atoms with Crippen LogP contribution in [0.4, 0.5) is 0 Å². The van der Waals surface area contributed by atoms with Crippen LogP contribution in [0.25, 0.3) is 0 Å². The molecule has 0 atom stereocenters. The van der Waals surface area contributed by atoms with E-state index >= 15 is 0 Å². The van der Waals surface area contributed by atoms with E-state index in [0.717, 1.165) is 11.3 Å². The Bertz CT molecular complexity index is 342. The van der Waals surface area contributed by atoms with Crippen LogP contribution in [0.5, 0.6) is 11.5 Å². The van der Waals surface area contributed by atoms with E-state index in [9.17, 15) is 0 Å². The molecule has 0 unspecified atom stereocenters. The molecule has 0 saturated carbocycles. The van der Waals surface area contributed by atoms with Gasteiger partial charge in [0.1, 0.15) is 0 Å². The molecule has 0 fully saturated rings. The summed E-state index contributed by atoms with van der Waals surface area (Å²) in [5, 5.41) is 3.76. The van der Waals surface area contributed by atoms with Crippen LogP contribution in [0.1, 0.15) is 19.4 Å². The largest absolute Gasteiger partial charge is 0.490 e. The van der Waals surface area contributed by atoms with Crippen molar-refractivity contribution in [3.8, 4) is 11.5 Å². The van der Waals surface area contributed by atoms with Crippen LogP contribution in [-0.2, 0) is 6.54 Å². The van der Waals surface area contributed by atoms with Crippen molar-refractivity contribution in [3.05, 3.63) is 22.7 Å². The van der Waals surface area contributed by atoms with Crippen molar-refractivity contribution in [3.63, 3.8) is 0 Å². The van der Waals surface area contributed by atoms with Crippen molar-refractivity contribution in [2.24, 2.45) is 0 Å². The summed E-state index contributed by atoms with van der Waals surface area (Å²) in [6.45, 7) is 5.81. The molecule has 16 heavy (non-hydrogen) atoms. The standard InChI is InChI=1S/C12H18ClNO2/c1-4-15-11-6-9(8-14-3)10(13)7-12(11)16-5-2/h6-7,14H,4-5,8H2,1-3H3. The van der Waals surface area contributed by atoms with Gasteiger partial charge in [-0.2, -0.15) is 0 Å². The Morgan fingerprint density at radius 3 is 2.19 bits per heavy atom. The van der Waals surface area contributed by atoms with Gasteiger partial charge in [-0.05, 0) is 32.5 Å². The first kappa shape index (κ1) is 13.1. The molecule has 0 saturated heterocycles. The van der Waals surface area contributed by atoms with Crippen LogP contribution >= 0.6 is 11.6 Å². The molecule has 0 aromatic heterocycles. The first-order valence-corrected chi connectivity index (χ1v) is 5.83. The van der Waals surface area contributed by atoms with E-state index in [2.05, 4.69) is 5.32 Å². The van der Waals surface area contributed by atoms with E-state index in [1.807, 2.05) is 33.0 Å². The average molecular weight is 244 g/mol. The summed E-state index contributed by atoms with van der Waals surface area (Å²) in [7, 11) is 1.88. The topological polar surface area (TPSA) is 30.5 Å². The lowest BCUT2D eigenvalue weighted by Crippen LogP contribution is -2.07. The van der Waals surface area contributed by atoms with Crippen LogP contribution < -0.4 is 14.8 Å². The maximum absolute atomic E-state index is 6.14. The zero-order valence-electron chi connectivity index (χ0n) is 9.97. The third kappa shape index (κ3) is 3.29. The van der Waals surface area contributed by atoms with Gasteiger partial charge in [0.15, 0.2) is 11.5 Å². The molecule has 0 spiro atoms. The molecular weight excluding hydrogens is 226 g/mol. The van der Waals surface area contributed by atoms with Gasteiger partial charge in [0.05, 0.1) is 13.2 Å². The number of nitrogens with one attached hydrogen (secondary N) is 1. The highest BCUT2D eigenvalue weighted by atomic mass is 35.5. The Hall–Kier alpha value is -0.930. The van der Waals surface area contributed by atoms with Gasteiger partial charge in [0.2, 0.25) is 0 Å². The summed E-state index contributed by atoms with van der Waals surface area (Å²) in [4.78, 5) is 0. The van der Waals surface area contributed by atoms with E-state index in [4.69, 9.17) is 21.1 Å². The summed E-state index contributed by atoms with van der Waals surface area (Å²) in [5.41, 5.74) is 1.01. The highest BCUT2D eigenvalue weighted by Crippen LogP contribution is 2.33. The van der Waals surface area contributed by atoms with Gasteiger partial charge < -0.3 is 14.8 Å². The van der Waals surface area contributed by atoms with Crippen molar-refractivity contribution in [1.29, 1.82) is 0 Å². The molecule has 0 heterocycles. The third-order valence-electron chi connectivity index (χ3n) is 2.08. The van der Waals surface area contributed by atoms with E-state index in [-0.39, 0.29) is 0 Å². The minimum absolute atomic E-state index is 0.599. The van der Waals surface area contributed by atoms with Crippen molar-refractivity contribution in [1.82, 2.24) is 5.32 Å². The molecule has 4 heteroatoms. The molecule has 0 aliphatic carbocycles. The molecule has 1 aromatic carbocycles. The molecule has 90 valence electrons. The second kappa shape index (κ2) is 6.61. The normalized spacial score (nSPS) is 10.2. The molecule has 1 N–H and O–H groups in total. The zero-order chi connectivity index (χ0) is 12.0. The third-order valence-corrected chi connectivity index (χ3v) is 2.43. The zero-order valence-corrected chi connectivity index (χ0v) is 10.7. The summed E-state index contributed by atoms with van der Waals surface area (Å²) < 4.78 is 11.0. The molecule has 3 nitrogen and oxygen atoms in total. The van der Waals surface area contributed by atoms with Crippen LogP contribution in [0.15, 0.2) is 12.1 Å². The first-order chi connectivity index (χ1) is 7.72. The summed E-state index contributed by atoms with van der Waals surface area (Å²) >= 11 is 6.14. The second-order valence-electron chi connectivity index (χ2n) is 3.29. The van der Waals surface area contributed by atoms with Gasteiger partial charge in [0, 0.05) is 17.6 Å². The van der Waals surface area contributed by atoms with Crippen LogP contribution in [0.2, 0.25) is 5.02 Å². The Morgan fingerprint density at radius 2 is 1.69 bits per heavy atom. The molecule has 1 aromatic rings. The van der Waals surface area contributed by atoms with E-state index in [0.29, 0.717) is 30.5 Å². The van der Waals surface area contributed by atoms with Gasteiger partial charge in [-0.1, -0.05) is 11.6 Å². The molecule has 0 bridgehead atoms. The average Bonchev–Trinajstić information content (AvgIpc) is 2.25. The fourth-order valence-corrected chi connectivity index (χ4v) is 1.66. The lowest BCUT2D eigenvalue weighted by molar-refractivity contribution is 0.287. The Kier molecular flexibility index (Phi) is 5.43. The van der Waals surface area contributed by atoms with Crippen LogP contribution in [0, 0.1) is 0 Å². The number of ether oxygens (including phenoxy) is 2. The van der Waals surface area contributed by atoms with Crippen LogP contribution in [-0.4, -0.2) is 20.3 Å². The minimum Gasteiger partial charge on any atom is -0.490 e. The van der Waals surface area contributed by atoms with Gasteiger partial charge in [-0.3, -0.25) is 0 Å². The smallest absolute Gasteiger partial charge is 0.162 e. The van der Waals surface area contributed by atoms with Crippen molar-refractivity contribution < 1.29 is 9.47 Å². The summed E-state index contributed by atoms with van der Waals surface area (Å²) in [6, 6.07) is 3.73. The maximum Gasteiger partial charge on any atom is 0.162 e. The number of hydrogen-bond donors (Lipinski definition) is 1. The van der Waals surface area contributed by atoms with Crippen molar-refractivity contribution in [2.45, 2.75) is 20.4 Å². The monoisotopic (exact) mass is 243 g/mol. The summed E-state index contributed by atoms with van der Waals surface area (Å²) in [6.07, 6.45) is 0. The molecular formula is C12H18ClNO2. The van der Waals surface area contributed by atoms with Crippen molar-refractivity contribution >= 4 is 11.6 Å². The van der Waals surface area contributed by atoms with E-state index in [1.165, 1.54) is 0 Å². The van der Waals surface area contributed by atoms with Gasteiger partial charge in [0.25, 0.3) is 0 Å². The lowest BCUT2D eigenvalue weighted by Gasteiger charge is -2.13. The number of hydrogen-bond acceptors (Lipinski definition) is 3. The van der Waals surface area contributed by atoms with E-state index < -0.39 is 0 Å². The SMILES string of the molecule is CCOc1cc(Cl)c(CNC)cc1OCC. The quantitative estimate of drug-likeness (QED) is 0.834. The Morgan fingerprint density at radius 1 is 1.12 bits per heavy atom.